The second kappa shape index (κ2) is 6.31. The van der Waals surface area contributed by atoms with Crippen molar-refractivity contribution in [2.45, 2.75) is 39.3 Å². The summed E-state index contributed by atoms with van der Waals surface area (Å²) in [6.07, 6.45) is 0.912. The first-order chi connectivity index (χ1) is 9.06. The molecule has 0 amide bonds. The minimum Gasteiger partial charge on any atom is -0.307 e. The third-order valence-electron chi connectivity index (χ3n) is 3.28. The molecule has 2 rings (SSSR count). The Kier molecular flexibility index (Phi) is 4.72. The smallest absolute Gasteiger partial charge is 0.123 e. The van der Waals surface area contributed by atoms with Crippen LogP contribution >= 0.6 is 11.3 Å². The van der Waals surface area contributed by atoms with E-state index in [2.05, 4.69) is 37.5 Å². The second-order valence-corrected chi connectivity index (χ2v) is 6.04. The predicted molar refractivity (Wildman–Crippen MR) is 80.2 cm³/mol. The normalized spacial score (nSPS) is 14.3. The van der Waals surface area contributed by atoms with Gasteiger partial charge < -0.3 is 5.32 Å². The van der Waals surface area contributed by atoms with Crippen LogP contribution in [0.2, 0.25) is 0 Å². The van der Waals surface area contributed by atoms with Gasteiger partial charge in [0.25, 0.3) is 0 Å². The van der Waals surface area contributed by atoms with Gasteiger partial charge in [0.05, 0.1) is 0 Å². The average molecular weight is 277 g/mol. The highest BCUT2D eigenvalue weighted by Gasteiger charge is 2.13. The molecule has 0 saturated heterocycles. The number of aryl methyl sites for hydroxylation is 1. The highest BCUT2D eigenvalue weighted by atomic mass is 32.1. The molecule has 0 radical (unpaired) electrons. The van der Waals surface area contributed by atoms with Crippen molar-refractivity contribution < 1.29 is 4.39 Å². The van der Waals surface area contributed by atoms with Crippen molar-refractivity contribution in [3.63, 3.8) is 0 Å². The summed E-state index contributed by atoms with van der Waals surface area (Å²) in [5, 5.41) is 5.74. The van der Waals surface area contributed by atoms with Crippen molar-refractivity contribution in [3.8, 4) is 0 Å². The van der Waals surface area contributed by atoms with Gasteiger partial charge in [-0.15, -0.1) is 11.3 Å². The van der Waals surface area contributed by atoms with Crippen molar-refractivity contribution in [2.24, 2.45) is 0 Å². The van der Waals surface area contributed by atoms with Crippen LogP contribution in [0, 0.1) is 12.7 Å². The largest absolute Gasteiger partial charge is 0.307 e. The second-order valence-electron chi connectivity index (χ2n) is 5.09. The molecule has 0 aliphatic carbocycles. The first-order valence-electron chi connectivity index (χ1n) is 6.60. The number of rotatable bonds is 5. The lowest BCUT2D eigenvalue weighted by atomic mass is 10.1. The number of thiophene rings is 1. The molecular weight excluding hydrogens is 257 g/mol. The van der Waals surface area contributed by atoms with E-state index in [9.17, 15) is 4.39 Å². The molecule has 102 valence electrons. The van der Waals surface area contributed by atoms with Gasteiger partial charge in [0.1, 0.15) is 5.82 Å². The number of halogens is 1. The van der Waals surface area contributed by atoms with Crippen LogP contribution in [0.1, 0.15) is 35.9 Å². The highest BCUT2D eigenvalue weighted by Crippen LogP contribution is 2.24. The zero-order chi connectivity index (χ0) is 13.8. The molecule has 1 N–H and O–H groups in total. The molecule has 3 heteroatoms. The van der Waals surface area contributed by atoms with Gasteiger partial charge in [-0.3, -0.25) is 0 Å². The Labute approximate surface area is 118 Å². The van der Waals surface area contributed by atoms with E-state index in [1.54, 1.807) is 11.3 Å². The summed E-state index contributed by atoms with van der Waals surface area (Å²) in [6.45, 7) is 6.51. The van der Waals surface area contributed by atoms with Crippen molar-refractivity contribution in [2.75, 3.05) is 0 Å². The topological polar surface area (TPSA) is 12.0 Å². The summed E-state index contributed by atoms with van der Waals surface area (Å²) in [4.78, 5) is 1.39. The molecule has 0 aliphatic heterocycles. The lowest BCUT2D eigenvalue weighted by Gasteiger charge is -2.20. The van der Waals surface area contributed by atoms with Gasteiger partial charge >= 0.3 is 0 Å². The Hall–Kier alpha value is -1.19. The number of hydrogen-bond acceptors (Lipinski definition) is 2. The maximum Gasteiger partial charge on any atom is 0.123 e. The Morgan fingerprint density at radius 2 is 1.84 bits per heavy atom. The standard InChI is InChI=1S/C16H20FNS/c1-11-8-9-19-16(11)13(3)18-12(2)10-14-4-6-15(17)7-5-14/h4-9,12-13,18H,10H2,1-3H3. The fraction of sp³-hybridized carbons (Fsp3) is 0.375. The van der Waals surface area contributed by atoms with Crippen LogP contribution in [0.3, 0.4) is 0 Å². The van der Waals surface area contributed by atoms with E-state index in [1.165, 1.54) is 22.6 Å². The van der Waals surface area contributed by atoms with Gasteiger partial charge in [0.2, 0.25) is 0 Å². The minimum absolute atomic E-state index is 0.174. The van der Waals surface area contributed by atoms with Gasteiger partial charge in [0.15, 0.2) is 0 Å². The number of nitrogens with one attached hydrogen (secondary N) is 1. The maximum atomic E-state index is 12.9. The molecule has 2 aromatic rings. The molecule has 1 aromatic heterocycles. The van der Waals surface area contributed by atoms with Crippen molar-refractivity contribution in [1.29, 1.82) is 0 Å². The lowest BCUT2D eigenvalue weighted by Crippen LogP contribution is -2.30. The third kappa shape index (κ3) is 3.88. The minimum atomic E-state index is -0.174. The van der Waals surface area contributed by atoms with E-state index < -0.39 is 0 Å². The van der Waals surface area contributed by atoms with Gasteiger partial charge in [-0.1, -0.05) is 12.1 Å². The Balaban J connectivity index is 1.92. The Bertz CT molecular complexity index is 518. The van der Waals surface area contributed by atoms with Crippen molar-refractivity contribution in [1.82, 2.24) is 5.32 Å². The Morgan fingerprint density at radius 3 is 2.42 bits per heavy atom. The van der Waals surface area contributed by atoms with Gasteiger partial charge in [-0.05, 0) is 61.9 Å². The van der Waals surface area contributed by atoms with Crippen LogP contribution in [0.15, 0.2) is 35.7 Å². The molecule has 0 aliphatic rings. The fourth-order valence-corrected chi connectivity index (χ4v) is 3.31. The summed E-state index contributed by atoms with van der Waals surface area (Å²) in [6, 6.07) is 9.63. The zero-order valence-corrected chi connectivity index (χ0v) is 12.4. The molecule has 0 spiro atoms. The van der Waals surface area contributed by atoms with Crippen molar-refractivity contribution in [3.05, 3.63) is 57.5 Å². The fourth-order valence-electron chi connectivity index (χ4n) is 2.36. The molecule has 1 nitrogen and oxygen atoms in total. The Morgan fingerprint density at radius 1 is 1.16 bits per heavy atom. The van der Waals surface area contributed by atoms with Crippen LogP contribution in [0.5, 0.6) is 0 Å². The van der Waals surface area contributed by atoms with E-state index in [1.807, 2.05) is 12.1 Å². The maximum absolute atomic E-state index is 12.9. The SMILES string of the molecule is Cc1ccsc1C(C)NC(C)Cc1ccc(F)cc1. The quantitative estimate of drug-likeness (QED) is 0.850. The molecule has 2 unspecified atom stereocenters. The van der Waals surface area contributed by atoms with Gasteiger partial charge in [0, 0.05) is 17.0 Å². The van der Waals surface area contributed by atoms with Crippen LogP contribution in [0.25, 0.3) is 0 Å². The first-order valence-corrected chi connectivity index (χ1v) is 7.48. The molecule has 2 atom stereocenters. The van der Waals surface area contributed by atoms with E-state index in [0.29, 0.717) is 12.1 Å². The van der Waals surface area contributed by atoms with Crippen LogP contribution in [-0.2, 0) is 6.42 Å². The molecular formula is C16H20FNS. The molecule has 1 aromatic carbocycles. The van der Waals surface area contributed by atoms with Crippen LogP contribution < -0.4 is 5.32 Å². The summed E-state index contributed by atoms with van der Waals surface area (Å²) in [5.41, 5.74) is 2.51. The van der Waals surface area contributed by atoms with Crippen molar-refractivity contribution >= 4 is 11.3 Å². The molecule has 0 fully saturated rings. The summed E-state index contributed by atoms with van der Waals surface area (Å²) in [7, 11) is 0. The number of hydrogen-bond donors (Lipinski definition) is 1. The third-order valence-corrected chi connectivity index (χ3v) is 4.49. The predicted octanol–water partition coefficient (Wildman–Crippen LogP) is 4.48. The van der Waals surface area contributed by atoms with Gasteiger partial charge in [-0.2, -0.15) is 0 Å². The molecule has 19 heavy (non-hydrogen) atoms. The van der Waals surface area contributed by atoms with Gasteiger partial charge in [-0.25, -0.2) is 4.39 Å². The van der Waals surface area contributed by atoms with E-state index in [-0.39, 0.29) is 5.82 Å². The lowest BCUT2D eigenvalue weighted by molar-refractivity contribution is 0.480. The highest BCUT2D eigenvalue weighted by molar-refractivity contribution is 7.10. The monoisotopic (exact) mass is 277 g/mol. The van der Waals surface area contributed by atoms with Crippen LogP contribution in [-0.4, -0.2) is 6.04 Å². The summed E-state index contributed by atoms with van der Waals surface area (Å²) >= 11 is 1.80. The molecule has 0 saturated carbocycles. The average Bonchev–Trinajstić information content (AvgIpc) is 2.78. The van der Waals surface area contributed by atoms with E-state index in [4.69, 9.17) is 0 Å². The summed E-state index contributed by atoms with van der Waals surface area (Å²) < 4.78 is 12.9. The van der Waals surface area contributed by atoms with Crippen LogP contribution in [0.4, 0.5) is 4.39 Å². The zero-order valence-electron chi connectivity index (χ0n) is 11.6. The number of benzene rings is 1. The van der Waals surface area contributed by atoms with E-state index >= 15 is 0 Å². The molecule has 0 bridgehead atoms. The first kappa shape index (κ1) is 14.2. The summed E-state index contributed by atoms with van der Waals surface area (Å²) in [5.74, 6) is -0.174. The molecule has 1 heterocycles. The van der Waals surface area contributed by atoms with E-state index in [0.717, 1.165) is 12.0 Å².